The molecule has 3 fully saturated rings. The Balaban J connectivity index is 1.25. The lowest BCUT2D eigenvalue weighted by molar-refractivity contribution is 0.122. The van der Waals surface area contributed by atoms with E-state index in [0.717, 1.165) is 69.6 Å². The van der Waals surface area contributed by atoms with E-state index in [9.17, 15) is 8.42 Å². The van der Waals surface area contributed by atoms with Crippen molar-refractivity contribution in [3.63, 3.8) is 0 Å². The van der Waals surface area contributed by atoms with Gasteiger partial charge < -0.3 is 29.5 Å². The van der Waals surface area contributed by atoms with Gasteiger partial charge in [-0.15, -0.1) is 0 Å². The summed E-state index contributed by atoms with van der Waals surface area (Å²) in [6.45, 7) is 12.2. The highest BCUT2D eigenvalue weighted by Gasteiger charge is 2.26. The number of pyridine rings is 1. The average Bonchev–Trinajstić information content (AvgIpc) is 2.99. The predicted molar refractivity (Wildman–Crippen MR) is 170 cm³/mol. The van der Waals surface area contributed by atoms with E-state index in [2.05, 4.69) is 53.5 Å². The van der Waals surface area contributed by atoms with Crippen molar-refractivity contribution in [1.82, 2.24) is 24.6 Å². The minimum Gasteiger partial charge on any atom is -0.474 e. The van der Waals surface area contributed by atoms with Crippen molar-refractivity contribution in [2.24, 2.45) is 4.99 Å². The molecule has 0 radical (unpaired) electrons. The molecule has 14 heteroatoms. The van der Waals surface area contributed by atoms with Crippen molar-refractivity contribution in [1.29, 1.82) is 0 Å². The Morgan fingerprint density at radius 2 is 1.74 bits per heavy atom. The molecule has 0 atom stereocenters. The van der Waals surface area contributed by atoms with Crippen molar-refractivity contribution in [2.45, 2.75) is 44.8 Å². The molecule has 5 rings (SSSR count). The van der Waals surface area contributed by atoms with Gasteiger partial charge in [-0.2, -0.15) is 4.98 Å². The van der Waals surface area contributed by atoms with Gasteiger partial charge in [0, 0.05) is 57.1 Å². The fraction of sp³-hybridized carbons (Fsp3) is 0.586. The van der Waals surface area contributed by atoms with Gasteiger partial charge in [0.1, 0.15) is 11.9 Å². The average molecular weight is 614 g/mol. The zero-order valence-corrected chi connectivity index (χ0v) is 26.1. The number of rotatable bonds is 10. The number of allylic oxidation sites excluding steroid dienone is 1. The van der Waals surface area contributed by atoms with E-state index in [0.29, 0.717) is 55.1 Å². The molecule has 2 N–H and O–H groups in total. The molecule has 13 nitrogen and oxygen atoms in total. The molecular formula is C29H43N9O4S. The highest BCUT2D eigenvalue weighted by molar-refractivity contribution is 7.88. The summed E-state index contributed by atoms with van der Waals surface area (Å²) in [6.07, 6.45) is 10.0. The van der Waals surface area contributed by atoms with Gasteiger partial charge in [0.15, 0.2) is 0 Å². The summed E-state index contributed by atoms with van der Waals surface area (Å²) >= 11 is 0. The molecule has 2 aromatic heterocycles. The zero-order chi connectivity index (χ0) is 30.4. The lowest BCUT2D eigenvalue weighted by atomic mass is 9.93. The summed E-state index contributed by atoms with van der Waals surface area (Å²) in [7, 11) is -1.30. The number of likely N-dealkylation sites (N-methyl/N-ethyl adjacent to an activating group) is 1. The van der Waals surface area contributed by atoms with E-state index in [-0.39, 0.29) is 12.1 Å². The first-order chi connectivity index (χ1) is 20.7. The normalized spacial score (nSPS) is 22.3. The number of nitrogens with one attached hydrogen (secondary N) is 2. The third kappa shape index (κ3) is 8.54. The first-order valence-corrected chi connectivity index (χ1v) is 16.8. The number of morpholine rings is 1. The standard InChI is InChI=1S/C29H43N9O4S/c1-21(35-43(4,39)40)17-25-26(30-2)18-27(38-13-15-41-16-14-38)34-28(25)42-24-7-5-22(6-8-24)33-29-31-19-23(20-32-29)37-11-9-36(3)10-12-37/h17-20,22,24,35H,2,5-16H2,1,3-4H3,(H,31,32,33)/b21-17+. The van der Waals surface area contributed by atoms with Gasteiger partial charge in [0.25, 0.3) is 0 Å². The third-order valence-corrected chi connectivity index (χ3v) is 8.69. The molecule has 2 aromatic rings. The molecular weight excluding hydrogens is 570 g/mol. The second-order valence-electron chi connectivity index (χ2n) is 11.5. The van der Waals surface area contributed by atoms with Crippen LogP contribution in [0.25, 0.3) is 6.08 Å². The number of hydrogen-bond donors (Lipinski definition) is 2. The molecule has 234 valence electrons. The van der Waals surface area contributed by atoms with Gasteiger partial charge in [0.2, 0.25) is 21.9 Å². The van der Waals surface area contributed by atoms with Crippen molar-refractivity contribution < 1.29 is 17.9 Å². The van der Waals surface area contributed by atoms with E-state index in [1.807, 2.05) is 18.5 Å². The summed E-state index contributed by atoms with van der Waals surface area (Å²) < 4.78 is 38.2. The Hall–Kier alpha value is -3.49. The molecule has 1 aliphatic carbocycles. The summed E-state index contributed by atoms with van der Waals surface area (Å²) in [5.74, 6) is 1.80. The van der Waals surface area contributed by atoms with Gasteiger partial charge >= 0.3 is 0 Å². The molecule has 43 heavy (non-hydrogen) atoms. The second-order valence-corrected chi connectivity index (χ2v) is 13.2. The van der Waals surface area contributed by atoms with Crippen LogP contribution in [-0.2, 0) is 14.8 Å². The van der Waals surface area contributed by atoms with Gasteiger partial charge in [-0.25, -0.2) is 18.4 Å². The van der Waals surface area contributed by atoms with Crippen LogP contribution in [0, 0.1) is 0 Å². The van der Waals surface area contributed by atoms with Crippen LogP contribution < -0.4 is 24.6 Å². The minimum absolute atomic E-state index is 0.0565. The van der Waals surface area contributed by atoms with Crippen LogP contribution in [0.3, 0.4) is 0 Å². The summed E-state index contributed by atoms with van der Waals surface area (Å²) in [6, 6.07) is 2.11. The Kier molecular flexibility index (Phi) is 9.98. The minimum atomic E-state index is -3.44. The summed E-state index contributed by atoms with van der Waals surface area (Å²) in [4.78, 5) is 25.1. The van der Waals surface area contributed by atoms with Gasteiger partial charge in [-0.05, 0) is 52.4 Å². The Morgan fingerprint density at radius 3 is 2.37 bits per heavy atom. The van der Waals surface area contributed by atoms with Gasteiger partial charge in [0.05, 0.1) is 48.8 Å². The number of hydrogen-bond acceptors (Lipinski definition) is 12. The lowest BCUT2D eigenvalue weighted by Gasteiger charge is -2.33. The number of piperazine rings is 1. The fourth-order valence-corrected chi connectivity index (χ4v) is 6.29. The smallest absolute Gasteiger partial charge is 0.229 e. The van der Waals surface area contributed by atoms with E-state index in [4.69, 9.17) is 14.5 Å². The SMILES string of the molecule is C=Nc1cc(N2CCOCC2)nc(OC2CCC(Nc3ncc(N4CCN(C)CC4)cn3)CC2)c1/C=C(\C)NS(C)(=O)=O. The van der Waals surface area contributed by atoms with Crippen LogP contribution in [0.2, 0.25) is 0 Å². The van der Waals surface area contributed by atoms with Gasteiger partial charge in [-0.3, -0.25) is 9.71 Å². The van der Waals surface area contributed by atoms with Crippen LogP contribution in [0.4, 0.5) is 23.1 Å². The van der Waals surface area contributed by atoms with Crippen molar-refractivity contribution in [3.05, 3.63) is 29.7 Å². The van der Waals surface area contributed by atoms with Crippen LogP contribution in [0.15, 0.2) is 29.1 Å². The van der Waals surface area contributed by atoms with Crippen LogP contribution >= 0.6 is 0 Å². The number of nitrogens with zero attached hydrogens (tertiary/aromatic N) is 7. The Bertz CT molecular complexity index is 1380. The topological polar surface area (TPSA) is 137 Å². The van der Waals surface area contributed by atoms with Crippen LogP contribution in [0.1, 0.15) is 38.2 Å². The van der Waals surface area contributed by atoms with Crippen molar-refractivity contribution in [2.75, 3.05) is 80.9 Å². The molecule has 4 heterocycles. The number of aliphatic imine (C=N–C) groups is 1. The van der Waals surface area contributed by atoms with Crippen molar-refractivity contribution in [3.8, 4) is 5.88 Å². The number of anilines is 3. The maximum atomic E-state index is 11.8. The highest BCUT2D eigenvalue weighted by atomic mass is 32.2. The molecule has 3 aliphatic rings. The van der Waals surface area contributed by atoms with E-state index in [1.165, 1.54) is 0 Å². The zero-order valence-electron chi connectivity index (χ0n) is 25.3. The molecule has 0 aromatic carbocycles. The first-order valence-electron chi connectivity index (χ1n) is 14.9. The highest BCUT2D eigenvalue weighted by Crippen LogP contribution is 2.36. The fourth-order valence-electron chi connectivity index (χ4n) is 5.64. The molecule has 0 amide bonds. The third-order valence-electron chi connectivity index (χ3n) is 7.99. The number of aromatic nitrogens is 3. The van der Waals surface area contributed by atoms with Gasteiger partial charge in [-0.1, -0.05) is 0 Å². The Morgan fingerprint density at radius 1 is 1.07 bits per heavy atom. The maximum absolute atomic E-state index is 11.8. The van der Waals surface area contributed by atoms with Crippen LogP contribution in [0.5, 0.6) is 5.88 Å². The van der Waals surface area contributed by atoms with E-state index < -0.39 is 10.0 Å². The number of ether oxygens (including phenoxy) is 2. The van der Waals surface area contributed by atoms with E-state index in [1.54, 1.807) is 13.0 Å². The lowest BCUT2D eigenvalue weighted by Crippen LogP contribution is -2.44. The summed E-state index contributed by atoms with van der Waals surface area (Å²) in [5.41, 5.74) is 2.66. The predicted octanol–water partition coefficient (Wildman–Crippen LogP) is 2.50. The summed E-state index contributed by atoms with van der Waals surface area (Å²) in [5, 5.41) is 3.50. The molecule has 2 saturated heterocycles. The van der Waals surface area contributed by atoms with Crippen molar-refractivity contribution >= 4 is 46.0 Å². The monoisotopic (exact) mass is 613 g/mol. The molecule has 1 saturated carbocycles. The molecule has 0 bridgehead atoms. The first kappa shape index (κ1) is 31.0. The maximum Gasteiger partial charge on any atom is 0.229 e. The molecule has 2 aliphatic heterocycles. The number of sulfonamides is 1. The Labute approximate surface area is 254 Å². The quantitative estimate of drug-likeness (QED) is 0.383. The largest absolute Gasteiger partial charge is 0.474 e. The molecule has 0 spiro atoms. The molecule has 0 unspecified atom stereocenters. The van der Waals surface area contributed by atoms with E-state index >= 15 is 0 Å². The second kappa shape index (κ2) is 13.9. The van der Waals surface area contributed by atoms with Crippen LogP contribution in [-0.4, -0.2) is 113 Å².